The van der Waals surface area contributed by atoms with Gasteiger partial charge < -0.3 is 5.32 Å². The first-order valence-electron chi connectivity index (χ1n) is 7.85. The molecule has 0 radical (unpaired) electrons. The topological polar surface area (TPSA) is 64.0 Å². The Morgan fingerprint density at radius 2 is 1.96 bits per heavy atom. The molecule has 1 aromatic carbocycles. The van der Waals surface area contributed by atoms with E-state index in [1.807, 2.05) is 55.8 Å². The molecular formula is C18H21N3O2S. The van der Waals surface area contributed by atoms with Gasteiger partial charge in [0.05, 0.1) is 22.7 Å². The summed E-state index contributed by atoms with van der Waals surface area (Å²) in [5.41, 5.74) is 2.41. The van der Waals surface area contributed by atoms with Crippen molar-refractivity contribution in [3.05, 3.63) is 53.2 Å². The second-order valence-electron chi connectivity index (χ2n) is 6.82. The number of hydrogen-bond donors (Lipinski definition) is 1. The molecule has 5 nitrogen and oxygen atoms in total. The van der Waals surface area contributed by atoms with Crippen molar-refractivity contribution in [3.8, 4) is 0 Å². The normalized spacial score (nSPS) is 17.2. The maximum atomic E-state index is 12.3. The molecule has 1 amide bonds. The maximum Gasteiger partial charge on any atom is 0.249 e. The van der Waals surface area contributed by atoms with Crippen molar-refractivity contribution in [1.29, 1.82) is 0 Å². The fraction of sp³-hybridized carbons (Fsp3) is 0.333. The number of nitrogens with zero attached hydrogens (tertiary/aromatic N) is 2. The number of amides is 1. The fourth-order valence-electron chi connectivity index (χ4n) is 2.64. The highest BCUT2D eigenvalue weighted by atomic mass is 32.2. The van der Waals surface area contributed by atoms with Gasteiger partial charge in [-0.2, -0.15) is 5.10 Å². The Morgan fingerprint density at radius 1 is 1.25 bits per heavy atom. The van der Waals surface area contributed by atoms with Gasteiger partial charge in [0.25, 0.3) is 0 Å². The van der Waals surface area contributed by atoms with Crippen LogP contribution in [0, 0.1) is 0 Å². The molecule has 0 unspecified atom stereocenters. The van der Waals surface area contributed by atoms with Crippen molar-refractivity contribution in [2.24, 2.45) is 0 Å². The third-order valence-electron chi connectivity index (χ3n) is 3.77. The Morgan fingerprint density at radius 3 is 2.62 bits per heavy atom. The first-order valence-corrected chi connectivity index (χ1v) is 9.34. The summed E-state index contributed by atoms with van der Waals surface area (Å²) >= 11 is 0. The van der Waals surface area contributed by atoms with Crippen LogP contribution in [0.3, 0.4) is 0 Å². The van der Waals surface area contributed by atoms with E-state index in [-0.39, 0.29) is 11.4 Å². The van der Waals surface area contributed by atoms with Gasteiger partial charge in [0.15, 0.2) is 0 Å². The van der Waals surface area contributed by atoms with E-state index in [1.54, 1.807) is 6.08 Å². The minimum absolute atomic E-state index is 0.218. The van der Waals surface area contributed by atoms with Crippen molar-refractivity contribution in [3.63, 3.8) is 0 Å². The molecule has 1 N–H and O–H groups in total. The summed E-state index contributed by atoms with van der Waals surface area (Å²) < 4.78 is 13.6. The molecule has 1 aromatic heterocycles. The van der Waals surface area contributed by atoms with Crippen LogP contribution in [0.4, 0.5) is 5.82 Å². The van der Waals surface area contributed by atoms with Crippen LogP contribution < -0.4 is 5.32 Å². The van der Waals surface area contributed by atoms with Crippen molar-refractivity contribution >= 4 is 28.6 Å². The van der Waals surface area contributed by atoms with Crippen molar-refractivity contribution in [2.75, 3.05) is 5.32 Å². The average Bonchev–Trinajstić information content (AvgIpc) is 3.03. The summed E-state index contributed by atoms with van der Waals surface area (Å²) in [6, 6.07) is 9.65. The molecule has 24 heavy (non-hydrogen) atoms. The van der Waals surface area contributed by atoms with Gasteiger partial charge in [-0.25, -0.2) is 4.68 Å². The van der Waals surface area contributed by atoms with E-state index in [0.29, 0.717) is 17.3 Å². The minimum atomic E-state index is -0.927. The minimum Gasteiger partial charge on any atom is -0.307 e. The second-order valence-corrected chi connectivity index (χ2v) is 8.28. The van der Waals surface area contributed by atoms with E-state index in [0.717, 1.165) is 16.8 Å². The summed E-state index contributed by atoms with van der Waals surface area (Å²) in [5.74, 6) is 1.35. The van der Waals surface area contributed by atoms with Crippen LogP contribution >= 0.6 is 0 Å². The number of anilines is 1. The van der Waals surface area contributed by atoms with Crippen molar-refractivity contribution in [2.45, 2.75) is 37.8 Å². The van der Waals surface area contributed by atoms with E-state index in [4.69, 9.17) is 0 Å². The number of rotatable bonds is 3. The number of carbonyl (C=O) groups excluding carboxylic acids is 1. The Hall–Kier alpha value is -2.21. The van der Waals surface area contributed by atoms with Crippen molar-refractivity contribution < 1.29 is 9.00 Å². The highest BCUT2D eigenvalue weighted by Gasteiger charge is 2.31. The predicted octanol–water partition coefficient (Wildman–Crippen LogP) is 3.05. The number of hydrogen-bond acceptors (Lipinski definition) is 3. The lowest BCUT2D eigenvalue weighted by Crippen LogP contribution is -2.27. The first-order chi connectivity index (χ1) is 11.3. The van der Waals surface area contributed by atoms with Gasteiger partial charge in [-0.3, -0.25) is 9.00 Å². The summed E-state index contributed by atoms with van der Waals surface area (Å²) in [6.07, 6.45) is 3.28. The third kappa shape index (κ3) is 3.48. The van der Waals surface area contributed by atoms with Gasteiger partial charge in [-0.1, -0.05) is 30.3 Å². The Balaban J connectivity index is 1.85. The zero-order valence-electron chi connectivity index (χ0n) is 14.1. The molecule has 0 bridgehead atoms. The molecule has 1 aliphatic rings. The lowest BCUT2D eigenvalue weighted by Gasteiger charge is -2.23. The zero-order chi connectivity index (χ0) is 17.3. The molecule has 0 aliphatic carbocycles. The van der Waals surface area contributed by atoms with E-state index < -0.39 is 10.8 Å². The number of benzene rings is 1. The lowest BCUT2D eigenvalue weighted by molar-refractivity contribution is -0.111. The summed E-state index contributed by atoms with van der Waals surface area (Å²) in [6.45, 7) is 6.09. The molecule has 3 rings (SSSR count). The molecule has 0 saturated carbocycles. The molecule has 0 saturated heterocycles. The summed E-state index contributed by atoms with van der Waals surface area (Å²) in [4.78, 5) is 12.3. The maximum absolute atomic E-state index is 12.3. The molecule has 2 aromatic rings. The molecular weight excluding hydrogens is 322 g/mol. The molecule has 0 spiro atoms. The SMILES string of the molecule is CC(C)(C)n1nc2c(c1NC(=O)/C=C\c1ccccc1)C[S@](=O)C2. The molecule has 126 valence electrons. The molecule has 0 fully saturated rings. The number of carbonyl (C=O) groups is 1. The first kappa shape index (κ1) is 16.6. The van der Waals surface area contributed by atoms with Crippen LogP contribution in [0.1, 0.15) is 37.6 Å². The Kier molecular flexibility index (Phi) is 4.41. The lowest BCUT2D eigenvalue weighted by atomic mass is 10.1. The molecule has 1 aliphatic heterocycles. The number of aromatic nitrogens is 2. The Bertz CT molecular complexity index is 817. The van der Waals surface area contributed by atoms with Crippen LogP contribution in [0.15, 0.2) is 36.4 Å². The van der Waals surface area contributed by atoms with Gasteiger partial charge in [-0.05, 0) is 32.4 Å². The van der Waals surface area contributed by atoms with E-state index in [9.17, 15) is 9.00 Å². The smallest absolute Gasteiger partial charge is 0.249 e. The van der Waals surface area contributed by atoms with Crippen LogP contribution in [-0.4, -0.2) is 19.9 Å². The van der Waals surface area contributed by atoms with Crippen LogP contribution in [0.2, 0.25) is 0 Å². The number of nitrogens with one attached hydrogen (secondary N) is 1. The van der Waals surface area contributed by atoms with Gasteiger partial charge in [0.1, 0.15) is 5.82 Å². The van der Waals surface area contributed by atoms with Gasteiger partial charge >= 0.3 is 0 Å². The zero-order valence-corrected chi connectivity index (χ0v) is 14.9. The Labute approximate surface area is 144 Å². The molecule has 1 atom stereocenters. The van der Waals surface area contributed by atoms with Gasteiger partial charge in [-0.15, -0.1) is 0 Å². The van der Waals surface area contributed by atoms with Crippen molar-refractivity contribution in [1.82, 2.24) is 9.78 Å². The van der Waals surface area contributed by atoms with Gasteiger partial charge in [0, 0.05) is 22.4 Å². The molecule has 2 heterocycles. The largest absolute Gasteiger partial charge is 0.307 e. The molecule has 6 heteroatoms. The monoisotopic (exact) mass is 343 g/mol. The second kappa shape index (κ2) is 6.36. The van der Waals surface area contributed by atoms with E-state index in [2.05, 4.69) is 10.4 Å². The fourth-order valence-corrected chi connectivity index (χ4v) is 3.90. The van der Waals surface area contributed by atoms with E-state index >= 15 is 0 Å². The summed E-state index contributed by atoms with van der Waals surface area (Å²) in [5, 5.41) is 7.50. The quantitative estimate of drug-likeness (QED) is 0.871. The van der Waals surface area contributed by atoms with Crippen LogP contribution in [0.25, 0.3) is 6.08 Å². The number of fused-ring (bicyclic) bond motifs is 1. The summed E-state index contributed by atoms with van der Waals surface area (Å²) in [7, 11) is -0.927. The average molecular weight is 343 g/mol. The van der Waals surface area contributed by atoms with Crippen LogP contribution in [-0.2, 0) is 32.6 Å². The van der Waals surface area contributed by atoms with Gasteiger partial charge in [0.2, 0.25) is 5.91 Å². The van der Waals surface area contributed by atoms with Crippen LogP contribution in [0.5, 0.6) is 0 Å². The predicted molar refractivity (Wildman–Crippen MR) is 96.9 cm³/mol. The standard InChI is InChI=1S/C18H21N3O2S/c1-18(2,3)21-17(14-11-24(23)12-15(14)20-21)19-16(22)10-9-13-7-5-4-6-8-13/h4-10H,11-12H2,1-3H3,(H,19,22)/b10-9-/t24-/m0/s1. The highest BCUT2D eigenvalue weighted by molar-refractivity contribution is 7.83. The third-order valence-corrected chi connectivity index (χ3v) is 4.98. The van der Waals surface area contributed by atoms with E-state index in [1.165, 1.54) is 6.08 Å². The highest BCUT2D eigenvalue weighted by Crippen LogP contribution is 2.32.